The van der Waals surface area contributed by atoms with Crippen molar-refractivity contribution in [3.8, 4) is 11.5 Å². The number of hydrogen-bond donors (Lipinski definition) is 1. The van der Waals surface area contributed by atoms with Crippen molar-refractivity contribution in [3.63, 3.8) is 0 Å². The number of carbonyl (C=O) groups excluding carboxylic acids is 2. The van der Waals surface area contributed by atoms with Crippen molar-refractivity contribution < 1.29 is 23.5 Å². The molecule has 0 amide bonds. The number of ketones is 2. The summed E-state index contributed by atoms with van der Waals surface area (Å²) in [4.78, 5) is 26.1. The van der Waals surface area contributed by atoms with Crippen LogP contribution in [-0.4, -0.2) is 32.3 Å². The third-order valence-electron chi connectivity index (χ3n) is 5.12. The summed E-state index contributed by atoms with van der Waals surface area (Å²) in [5.41, 5.74) is 1.82. The van der Waals surface area contributed by atoms with Gasteiger partial charge in [0.15, 0.2) is 11.5 Å². The van der Waals surface area contributed by atoms with Crippen LogP contribution in [-0.2, 0) is 0 Å². The van der Waals surface area contributed by atoms with Crippen molar-refractivity contribution in [2.45, 2.75) is 0 Å². The van der Waals surface area contributed by atoms with Gasteiger partial charge in [0.25, 0.3) is 0 Å². The highest BCUT2D eigenvalue weighted by Gasteiger charge is 2.23. The van der Waals surface area contributed by atoms with Crippen LogP contribution in [0.1, 0.15) is 26.5 Å². The molecule has 0 radical (unpaired) electrons. The molecule has 0 aliphatic rings. The molecule has 1 aromatic heterocycles. The molecule has 1 heterocycles. The van der Waals surface area contributed by atoms with Crippen molar-refractivity contribution in [2.24, 2.45) is 0 Å². The van der Waals surface area contributed by atoms with E-state index in [1.165, 1.54) is 13.2 Å². The number of ether oxygens (including phenoxy) is 2. The standard InChI is InChI=1S/C25H19BrClNO5/c1-31-21-9-7-14(11-17(21)26)19(29)13-28-23-16-5-3-4-6-20(16)33-25(23)24(30)15-8-10-22(32-2)18(27)12-15/h3-12,28H,13H2,1-2H3. The second-order valence-corrected chi connectivity index (χ2v) is 8.37. The zero-order valence-corrected chi connectivity index (χ0v) is 20.1. The fourth-order valence-electron chi connectivity index (χ4n) is 3.43. The van der Waals surface area contributed by atoms with Crippen LogP contribution in [0.3, 0.4) is 0 Å². The van der Waals surface area contributed by atoms with Gasteiger partial charge in [-0.15, -0.1) is 0 Å². The van der Waals surface area contributed by atoms with Gasteiger partial charge in [-0.05, 0) is 64.5 Å². The Labute approximate surface area is 203 Å². The van der Waals surface area contributed by atoms with E-state index in [4.69, 9.17) is 25.5 Å². The topological polar surface area (TPSA) is 77.8 Å². The minimum absolute atomic E-state index is 0.0358. The maximum absolute atomic E-state index is 13.3. The third-order valence-corrected chi connectivity index (χ3v) is 6.03. The van der Waals surface area contributed by atoms with Crippen LogP contribution in [0.2, 0.25) is 5.02 Å². The fourth-order valence-corrected chi connectivity index (χ4v) is 4.23. The van der Waals surface area contributed by atoms with Gasteiger partial charge < -0.3 is 19.2 Å². The number of Topliss-reactive ketones (excluding diaryl/α,β-unsaturated/α-hetero) is 1. The first kappa shape index (κ1) is 22.9. The third kappa shape index (κ3) is 4.60. The molecule has 0 saturated carbocycles. The van der Waals surface area contributed by atoms with Crippen molar-refractivity contribution in [1.29, 1.82) is 0 Å². The number of nitrogens with one attached hydrogen (secondary N) is 1. The summed E-state index contributed by atoms with van der Waals surface area (Å²) in [6, 6.07) is 17.1. The molecule has 8 heteroatoms. The molecule has 0 saturated heterocycles. The van der Waals surface area contributed by atoms with E-state index < -0.39 is 0 Å². The number of furan rings is 1. The van der Waals surface area contributed by atoms with E-state index in [0.717, 1.165) is 0 Å². The molecule has 3 aromatic carbocycles. The molecule has 168 valence electrons. The maximum atomic E-state index is 13.3. The summed E-state index contributed by atoms with van der Waals surface area (Å²) in [5, 5.41) is 4.11. The lowest BCUT2D eigenvalue weighted by Crippen LogP contribution is -2.15. The molecule has 0 aliphatic heterocycles. The Bertz CT molecular complexity index is 1360. The van der Waals surface area contributed by atoms with Gasteiger partial charge in [0.2, 0.25) is 5.78 Å². The van der Waals surface area contributed by atoms with Crippen LogP contribution in [0.4, 0.5) is 5.69 Å². The summed E-state index contributed by atoms with van der Waals surface area (Å²) in [7, 11) is 3.06. The Morgan fingerprint density at radius 1 is 0.970 bits per heavy atom. The van der Waals surface area contributed by atoms with Gasteiger partial charge in [-0.2, -0.15) is 0 Å². The number of methoxy groups -OCH3 is 2. The molecule has 0 fully saturated rings. The zero-order valence-electron chi connectivity index (χ0n) is 17.8. The highest BCUT2D eigenvalue weighted by Crippen LogP contribution is 2.34. The van der Waals surface area contributed by atoms with Gasteiger partial charge in [0.1, 0.15) is 17.1 Å². The summed E-state index contributed by atoms with van der Waals surface area (Å²) in [6.45, 7) is -0.0358. The Morgan fingerprint density at radius 2 is 1.67 bits per heavy atom. The fraction of sp³-hybridized carbons (Fsp3) is 0.120. The number of benzene rings is 3. The van der Waals surface area contributed by atoms with E-state index in [1.54, 1.807) is 43.5 Å². The monoisotopic (exact) mass is 527 g/mol. The van der Waals surface area contributed by atoms with E-state index in [2.05, 4.69) is 21.2 Å². The van der Waals surface area contributed by atoms with E-state index in [-0.39, 0.29) is 23.9 Å². The summed E-state index contributed by atoms with van der Waals surface area (Å²) in [6.07, 6.45) is 0. The van der Waals surface area contributed by atoms with Crippen LogP contribution in [0.15, 0.2) is 69.6 Å². The number of rotatable bonds is 8. The first-order chi connectivity index (χ1) is 15.9. The average molecular weight is 529 g/mol. The summed E-state index contributed by atoms with van der Waals surface area (Å²) in [5.74, 6) is 0.673. The molecule has 4 rings (SSSR count). The van der Waals surface area contributed by atoms with Gasteiger partial charge >= 0.3 is 0 Å². The van der Waals surface area contributed by atoms with E-state index >= 15 is 0 Å². The highest BCUT2D eigenvalue weighted by molar-refractivity contribution is 9.10. The van der Waals surface area contributed by atoms with Crippen LogP contribution >= 0.6 is 27.5 Å². The predicted molar refractivity (Wildman–Crippen MR) is 131 cm³/mol. The predicted octanol–water partition coefficient (Wildman–Crippen LogP) is 6.39. The Hall–Kier alpha value is -3.29. The smallest absolute Gasteiger partial charge is 0.230 e. The molecular weight excluding hydrogens is 510 g/mol. The number of hydrogen-bond acceptors (Lipinski definition) is 6. The number of anilines is 1. The molecule has 4 aromatic rings. The van der Waals surface area contributed by atoms with Crippen LogP contribution < -0.4 is 14.8 Å². The summed E-state index contributed by atoms with van der Waals surface area (Å²) < 4.78 is 16.9. The minimum atomic E-state index is -0.363. The SMILES string of the molecule is COc1ccc(C(=O)c2oc3ccccc3c2NCC(=O)c2ccc(OC)c(Br)c2)cc1Cl. The maximum Gasteiger partial charge on any atom is 0.230 e. The van der Waals surface area contributed by atoms with Crippen LogP contribution in [0, 0.1) is 0 Å². The Balaban J connectivity index is 1.65. The molecule has 0 bridgehead atoms. The minimum Gasteiger partial charge on any atom is -0.496 e. The van der Waals surface area contributed by atoms with E-state index in [1.807, 2.05) is 18.2 Å². The average Bonchev–Trinajstić information content (AvgIpc) is 3.20. The van der Waals surface area contributed by atoms with E-state index in [9.17, 15) is 9.59 Å². The molecule has 0 atom stereocenters. The van der Waals surface area contributed by atoms with Crippen LogP contribution in [0.5, 0.6) is 11.5 Å². The molecule has 33 heavy (non-hydrogen) atoms. The summed E-state index contributed by atoms with van der Waals surface area (Å²) >= 11 is 9.60. The largest absolute Gasteiger partial charge is 0.496 e. The lowest BCUT2D eigenvalue weighted by atomic mass is 10.1. The second-order valence-electron chi connectivity index (χ2n) is 7.11. The first-order valence-corrected chi connectivity index (χ1v) is 11.1. The lowest BCUT2D eigenvalue weighted by molar-refractivity contribution is 0.0997. The lowest BCUT2D eigenvalue weighted by Gasteiger charge is -2.09. The molecule has 0 spiro atoms. The molecule has 0 unspecified atom stereocenters. The number of carbonyl (C=O) groups is 2. The normalized spacial score (nSPS) is 10.8. The first-order valence-electron chi connectivity index (χ1n) is 9.93. The number of fused-ring (bicyclic) bond motifs is 1. The number of para-hydroxylation sites is 1. The van der Waals surface area contributed by atoms with Gasteiger partial charge in [-0.25, -0.2) is 0 Å². The Morgan fingerprint density at radius 3 is 2.36 bits per heavy atom. The van der Waals surface area contributed by atoms with Crippen molar-refractivity contribution in [3.05, 3.63) is 87.0 Å². The van der Waals surface area contributed by atoms with Gasteiger partial charge in [-0.1, -0.05) is 23.7 Å². The second kappa shape index (κ2) is 9.68. The number of halogens is 2. The van der Waals surface area contributed by atoms with Crippen molar-refractivity contribution >= 4 is 55.8 Å². The molecular formula is C25H19BrClNO5. The molecule has 6 nitrogen and oxygen atoms in total. The van der Waals surface area contributed by atoms with Crippen LogP contribution in [0.25, 0.3) is 11.0 Å². The quantitative estimate of drug-likeness (QED) is 0.267. The van der Waals surface area contributed by atoms with Crippen molar-refractivity contribution in [1.82, 2.24) is 0 Å². The van der Waals surface area contributed by atoms with Gasteiger partial charge in [0.05, 0.1) is 35.9 Å². The molecule has 0 aliphatic carbocycles. The zero-order chi connectivity index (χ0) is 23.5. The molecule has 1 N–H and O–H groups in total. The van der Waals surface area contributed by atoms with Gasteiger partial charge in [-0.3, -0.25) is 9.59 Å². The Kier molecular flexibility index (Phi) is 6.72. The van der Waals surface area contributed by atoms with Gasteiger partial charge in [0, 0.05) is 16.5 Å². The highest BCUT2D eigenvalue weighted by atomic mass is 79.9. The van der Waals surface area contributed by atoms with Crippen molar-refractivity contribution in [2.75, 3.05) is 26.1 Å². The van der Waals surface area contributed by atoms with E-state index in [0.29, 0.717) is 48.8 Å².